The maximum Gasteiger partial charge on any atom is 0.306 e. The first-order valence-electron chi connectivity index (χ1n) is 26.7. The first kappa shape index (κ1) is 58.4. The van der Waals surface area contributed by atoms with E-state index in [9.17, 15) is 14.4 Å². The first-order chi connectivity index (χ1) is 29.2. The Morgan fingerprint density at radius 1 is 0.317 bits per heavy atom. The maximum absolute atomic E-state index is 12.8. The summed E-state index contributed by atoms with van der Waals surface area (Å²) in [7, 11) is 0. The van der Waals surface area contributed by atoms with Gasteiger partial charge in [0.25, 0.3) is 0 Å². The van der Waals surface area contributed by atoms with Crippen molar-refractivity contribution in [2.45, 2.75) is 304 Å². The van der Waals surface area contributed by atoms with Gasteiger partial charge >= 0.3 is 17.9 Å². The highest BCUT2D eigenvalue weighted by atomic mass is 16.6. The van der Waals surface area contributed by atoms with Crippen LogP contribution in [0.3, 0.4) is 0 Å². The summed E-state index contributed by atoms with van der Waals surface area (Å²) in [6.45, 7) is 11.4. The predicted octanol–water partition coefficient (Wildman–Crippen LogP) is 17.3. The molecule has 0 spiro atoms. The van der Waals surface area contributed by atoms with Crippen LogP contribution < -0.4 is 0 Å². The topological polar surface area (TPSA) is 78.9 Å². The highest BCUT2D eigenvalue weighted by molar-refractivity contribution is 5.71. The molecule has 0 aromatic carbocycles. The van der Waals surface area contributed by atoms with Gasteiger partial charge in [0.2, 0.25) is 0 Å². The number of carbonyl (C=O) groups excluding carboxylic acids is 3. The Morgan fingerprint density at radius 3 is 0.817 bits per heavy atom. The summed E-state index contributed by atoms with van der Waals surface area (Å²) in [5, 5.41) is 0. The van der Waals surface area contributed by atoms with E-state index in [2.05, 4.69) is 34.6 Å². The van der Waals surface area contributed by atoms with E-state index in [1.807, 2.05) is 0 Å². The van der Waals surface area contributed by atoms with Crippen LogP contribution in [-0.2, 0) is 28.6 Å². The SMILES string of the molecule is CCCCCCCCCCCCCCCCC(=O)OC[C@@H](COC(=O)CCCCCCCCCCCCCCCCC(C)C)OC(=O)CCCCCCCCCCC(C)C. The second-order valence-electron chi connectivity index (χ2n) is 19.5. The molecule has 0 aliphatic heterocycles. The van der Waals surface area contributed by atoms with Gasteiger partial charge in [-0.25, -0.2) is 0 Å². The third-order valence-corrected chi connectivity index (χ3v) is 12.2. The van der Waals surface area contributed by atoms with E-state index < -0.39 is 6.10 Å². The molecule has 0 amide bonds. The average molecular weight is 849 g/mol. The smallest absolute Gasteiger partial charge is 0.306 e. The zero-order chi connectivity index (χ0) is 44.0. The molecule has 0 aliphatic carbocycles. The van der Waals surface area contributed by atoms with Crippen LogP contribution in [0.5, 0.6) is 0 Å². The van der Waals surface area contributed by atoms with Gasteiger partial charge in [0.05, 0.1) is 0 Å². The van der Waals surface area contributed by atoms with Crippen LogP contribution in [0.2, 0.25) is 0 Å². The molecule has 0 fully saturated rings. The van der Waals surface area contributed by atoms with Crippen LogP contribution in [0.4, 0.5) is 0 Å². The standard InChI is InChI=1S/C54H104O6/c1-6-7-8-9-10-11-12-13-17-20-23-29-34-39-44-52(55)58-47-51(60-54(57)46-41-36-31-26-25-28-33-38-43-50(4)5)48-59-53(56)45-40-35-30-24-21-18-15-14-16-19-22-27-32-37-42-49(2)3/h49-51H,6-48H2,1-5H3/t51-/m0/s1. The fraction of sp³-hybridized carbons (Fsp3) is 0.944. The van der Waals surface area contributed by atoms with Crippen LogP contribution in [0.25, 0.3) is 0 Å². The van der Waals surface area contributed by atoms with E-state index in [1.54, 1.807) is 0 Å². The van der Waals surface area contributed by atoms with Crippen LogP contribution in [0, 0.1) is 11.8 Å². The van der Waals surface area contributed by atoms with Crippen molar-refractivity contribution in [1.29, 1.82) is 0 Å². The molecule has 6 nitrogen and oxygen atoms in total. The van der Waals surface area contributed by atoms with Crippen molar-refractivity contribution >= 4 is 17.9 Å². The number of carbonyl (C=O) groups is 3. The van der Waals surface area contributed by atoms with E-state index >= 15 is 0 Å². The number of rotatable bonds is 48. The van der Waals surface area contributed by atoms with Gasteiger partial charge in [-0.2, -0.15) is 0 Å². The summed E-state index contributed by atoms with van der Waals surface area (Å²) in [5.41, 5.74) is 0. The summed E-state index contributed by atoms with van der Waals surface area (Å²) in [6.07, 6.45) is 48.1. The first-order valence-corrected chi connectivity index (χ1v) is 26.7. The molecule has 0 saturated carbocycles. The Balaban J connectivity index is 4.27. The summed E-state index contributed by atoms with van der Waals surface area (Å²) in [5.74, 6) is 0.791. The van der Waals surface area contributed by atoms with Gasteiger partial charge < -0.3 is 14.2 Å². The zero-order valence-corrected chi connectivity index (χ0v) is 41.1. The molecule has 0 aromatic heterocycles. The Kier molecular flexibility index (Phi) is 45.7. The number of ether oxygens (including phenoxy) is 3. The van der Waals surface area contributed by atoms with Crippen molar-refractivity contribution in [3.8, 4) is 0 Å². The highest BCUT2D eigenvalue weighted by Crippen LogP contribution is 2.17. The van der Waals surface area contributed by atoms with Crippen molar-refractivity contribution in [3.05, 3.63) is 0 Å². The molecule has 0 aliphatic rings. The molecule has 0 bridgehead atoms. The fourth-order valence-electron chi connectivity index (χ4n) is 8.17. The van der Waals surface area contributed by atoms with Gasteiger partial charge in [0.15, 0.2) is 6.10 Å². The van der Waals surface area contributed by atoms with E-state index in [-0.39, 0.29) is 31.1 Å². The number of hydrogen-bond donors (Lipinski definition) is 0. The molecule has 0 N–H and O–H groups in total. The van der Waals surface area contributed by atoms with Gasteiger partial charge in [-0.05, 0) is 31.1 Å². The Bertz CT molecular complexity index is 916. The lowest BCUT2D eigenvalue weighted by atomic mass is 10.0. The van der Waals surface area contributed by atoms with Gasteiger partial charge in [-0.15, -0.1) is 0 Å². The number of hydrogen-bond acceptors (Lipinski definition) is 6. The molecular weight excluding hydrogens is 745 g/mol. The minimum Gasteiger partial charge on any atom is -0.462 e. The van der Waals surface area contributed by atoms with E-state index in [0.29, 0.717) is 19.3 Å². The second-order valence-corrected chi connectivity index (χ2v) is 19.5. The lowest BCUT2D eigenvalue weighted by Crippen LogP contribution is -2.30. The predicted molar refractivity (Wildman–Crippen MR) is 256 cm³/mol. The average Bonchev–Trinajstić information content (AvgIpc) is 3.22. The van der Waals surface area contributed by atoms with Gasteiger partial charge in [-0.1, -0.05) is 259 Å². The Morgan fingerprint density at radius 2 is 0.550 bits per heavy atom. The molecule has 356 valence electrons. The number of esters is 3. The summed E-state index contributed by atoms with van der Waals surface area (Å²) in [4.78, 5) is 38.0. The van der Waals surface area contributed by atoms with Gasteiger partial charge in [0.1, 0.15) is 13.2 Å². The zero-order valence-electron chi connectivity index (χ0n) is 41.1. The summed E-state index contributed by atoms with van der Waals surface area (Å²) >= 11 is 0. The normalized spacial score (nSPS) is 12.1. The van der Waals surface area contributed by atoms with Crippen molar-refractivity contribution in [2.24, 2.45) is 11.8 Å². The Labute approximate surface area is 374 Å². The van der Waals surface area contributed by atoms with Gasteiger partial charge in [0, 0.05) is 19.3 Å². The molecule has 0 unspecified atom stereocenters. The van der Waals surface area contributed by atoms with Crippen molar-refractivity contribution < 1.29 is 28.6 Å². The van der Waals surface area contributed by atoms with E-state index in [4.69, 9.17) is 14.2 Å². The molecule has 0 radical (unpaired) electrons. The molecule has 0 heterocycles. The Hall–Kier alpha value is -1.59. The lowest BCUT2D eigenvalue weighted by Gasteiger charge is -2.18. The monoisotopic (exact) mass is 849 g/mol. The molecule has 0 saturated heterocycles. The van der Waals surface area contributed by atoms with Crippen LogP contribution in [-0.4, -0.2) is 37.2 Å². The van der Waals surface area contributed by atoms with E-state index in [1.165, 1.54) is 186 Å². The molecular formula is C54H104O6. The molecule has 60 heavy (non-hydrogen) atoms. The van der Waals surface area contributed by atoms with Crippen molar-refractivity contribution in [1.82, 2.24) is 0 Å². The lowest BCUT2D eigenvalue weighted by molar-refractivity contribution is -0.167. The van der Waals surface area contributed by atoms with Crippen LogP contribution >= 0.6 is 0 Å². The maximum atomic E-state index is 12.8. The molecule has 0 rings (SSSR count). The number of unbranched alkanes of at least 4 members (excludes halogenated alkanes) is 33. The highest BCUT2D eigenvalue weighted by Gasteiger charge is 2.19. The van der Waals surface area contributed by atoms with Crippen molar-refractivity contribution in [3.63, 3.8) is 0 Å². The molecule has 1 atom stereocenters. The van der Waals surface area contributed by atoms with Gasteiger partial charge in [-0.3, -0.25) is 14.4 Å². The molecule has 6 heteroatoms. The minimum atomic E-state index is -0.762. The summed E-state index contributed by atoms with van der Waals surface area (Å²) in [6, 6.07) is 0. The fourth-order valence-corrected chi connectivity index (χ4v) is 8.17. The van der Waals surface area contributed by atoms with Crippen LogP contribution in [0.15, 0.2) is 0 Å². The quantitative estimate of drug-likeness (QED) is 0.0345. The minimum absolute atomic E-state index is 0.0638. The van der Waals surface area contributed by atoms with Crippen molar-refractivity contribution in [2.75, 3.05) is 13.2 Å². The third-order valence-electron chi connectivity index (χ3n) is 12.2. The third kappa shape index (κ3) is 47.5. The largest absolute Gasteiger partial charge is 0.462 e. The van der Waals surface area contributed by atoms with Crippen LogP contribution in [0.1, 0.15) is 298 Å². The second kappa shape index (κ2) is 46.9. The van der Waals surface area contributed by atoms with E-state index in [0.717, 1.165) is 69.6 Å². The molecule has 0 aromatic rings. The summed E-state index contributed by atoms with van der Waals surface area (Å²) < 4.78 is 16.8.